The van der Waals surface area contributed by atoms with E-state index in [-0.39, 0.29) is 12.7 Å². The van der Waals surface area contributed by atoms with Crippen molar-refractivity contribution in [2.75, 3.05) is 37.9 Å². The van der Waals surface area contributed by atoms with Gasteiger partial charge in [0.25, 0.3) is 7.82 Å². The Kier molecular flexibility index (Phi) is 39.3. The van der Waals surface area contributed by atoms with Crippen LogP contribution in [0.3, 0.4) is 0 Å². The average Bonchev–Trinajstić information content (AvgIpc) is 3.04. The van der Waals surface area contributed by atoms with E-state index >= 15 is 0 Å². The summed E-state index contributed by atoms with van der Waals surface area (Å²) in [6, 6.07) is 0. The zero-order valence-corrected chi connectivity index (χ0v) is 32.6. The highest BCUT2D eigenvalue weighted by atomic mass is 31.2. The summed E-state index contributed by atoms with van der Waals surface area (Å²) in [5.74, 6) is 0. The molecular weight excluding hydrogens is 620 g/mol. The standard InChI is InChI=1S/C32H68P.C6H9F2O4P/c1-5-9-13-17-18-19-20-21-22-23-24-28-32-33(29-25-14-10-6-2,30-26-15-11-7-3)31-27-16-12-8-4;7-3-1-5-11-13(9,10)12-6-2-4-8/h5-32H2,1-4H3;1-4H,5-6H2,(H,9,10)/q+1;/p-1. The molecule has 0 heterocycles. The summed E-state index contributed by atoms with van der Waals surface area (Å²) in [6.07, 6.45) is 44.1. The topological polar surface area (TPSA) is 58.6 Å². The minimum absolute atomic E-state index is 0.140. The fourth-order valence-electron chi connectivity index (χ4n) is 5.96. The van der Waals surface area contributed by atoms with Crippen LogP contribution in [0.4, 0.5) is 8.78 Å². The van der Waals surface area contributed by atoms with Crippen molar-refractivity contribution in [1.29, 1.82) is 0 Å². The summed E-state index contributed by atoms with van der Waals surface area (Å²) >= 11 is 0. The first-order valence-corrected chi connectivity index (χ1v) is 23.3. The van der Waals surface area contributed by atoms with Crippen LogP contribution in [0.15, 0.2) is 24.8 Å². The highest BCUT2D eigenvalue weighted by Gasteiger charge is 2.34. The van der Waals surface area contributed by atoms with Gasteiger partial charge in [-0.1, -0.05) is 130 Å². The van der Waals surface area contributed by atoms with Crippen LogP contribution in [0.5, 0.6) is 0 Å². The molecule has 0 aromatic heterocycles. The van der Waals surface area contributed by atoms with Crippen LogP contribution in [0.1, 0.15) is 182 Å². The maximum atomic E-state index is 11.3. The lowest BCUT2D eigenvalue weighted by Crippen LogP contribution is -2.13. The molecule has 276 valence electrons. The van der Waals surface area contributed by atoms with Crippen molar-refractivity contribution >= 4 is 15.1 Å². The predicted octanol–water partition coefficient (Wildman–Crippen LogP) is 13.9. The molecule has 0 atom stereocenters. The number of hydrogen-bond donors (Lipinski definition) is 0. The first-order chi connectivity index (χ1) is 22.4. The second-order valence-corrected chi connectivity index (χ2v) is 19.0. The zero-order valence-electron chi connectivity index (χ0n) is 30.8. The molecule has 0 spiro atoms. The van der Waals surface area contributed by atoms with Crippen LogP contribution in [0, 0.1) is 0 Å². The summed E-state index contributed by atoms with van der Waals surface area (Å²) in [5.41, 5.74) is 0. The molecule has 0 aliphatic heterocycles. The smallest absolute Gasteiger partial charge is 0.268 e. The molecule has 0 aromatic rings. The third-order valence-electron chi connectivity index (χ3n) is 8.78. The molecule has 0 rings (SSSR count). The molecule has 46 heavy (non-hydrogen) atoms. The molecule has 0 saturated heterocycles. The Morgan fingerprint density at radius 3 is 0.978 bits per heavy atom. The van der Waals surface area contributed by atoms with Crippen molar-refractivity contribution in [2.45, 2.75) is 182 Å². The Balaban J connectivity index is 0. The van der Waals surface area contributed by atoms with Crippen LogP contribution in [0.2, 0.25) is 0 Å². The van der Waals surface area contributed by atoms with Crippen molar-refractivity contribution in [3.8, 4) is 0 Å². The van der Waals surface area contributed by atoms with Crippen LogP contribution >= 0.6 is 15.1 Å². The van der Waals surface area contributed by atoms with Crippen molar-refractivity contribution < 1.29 is 27.3 Å². The summed E-state index contributed by atoms with van der Waals surface area (Å²) in [4.78, 5) is 10.7. The van der Waals surface area contributed by atoms with Gasteiger partial charge in [0.1, 0.15) is 0 Å². The lowest BCUT2D eigenvalue weighted by atomic mass is 10.1. The monoisotopic (exact) mass is 697 g/mol. The van der Waals surface area contributed by atoms with Gasteiger partial charge >= 0.3 is 0 Å². The van der Waals surface area contributed by atoms with E-state index in [2.05, 4.69) is 36.7 Å². The van der Waals surface area contributed by atoms with Gasteiger partial charge in [-0.25, -0.2) is 8.78 Å². The van der Waals surface area contributed by atoms with Crippen LogP contribution < -0.4 is 4.89 Å². The molecule has 0 unspecified atom stereocenters. The minimum atomic E-state index is -4.44. The number of rotatable bonds is 34. The molecule has 0 aliphatic rings. The summed E-state index contributed by atoms with van der Waals surface area (Å²) in [6.45, 7) is 8.52. The third kappa shape index (κ3) is 35.2. The van der Waals surface area contributed by atoms with Crippen molar-refractivity contribution in [3.05, 3.63) is 24.8 Å². The SMILES string of the molecule is CCCCCCCCCCCCCC[P+](CCCCCC)(CCCCCC)CCCCCC.O=P([O-])(OCC=CF)OCC=CF. The number of phosphoric ester groups is 1. The quantitative estimate of drug-likeness (QED) is 0.0496. The molecule has 0 amide bonds. The van der Waals surface area contributed by atoms with E-state index in [1.807, 2.05) is 0 Å². The van der Waals surface area contributed by atoms with Crippen LogP contribution in [0.25, 0.3) is 0 Å². The fraction of sp³-hybridized carbons (Fsp3) is 0.895. The molecule has 4 nitrogen and oxygen atoms in total. The summed E-state index contributed by atoms with van der Waals surface area (Å²) < 4.78 is 41.5. The number of halogens is 2. The van der Waals surface area contributed by atoms with E-state index < -0.39 is 28.3 Å². The van der Waals surface area contributed by atoms with E-state index in [9.17, 15) is 18.2 Å². The second-order valence-electron chi connectivity index (χ2n) is 13.1. The predicted molar refractivity (Wildman–Crippen MR) is 200 cm³/mol. The first-order valence-electron chi connectivity index (χ1n) is 19.3. The lowest BCUT2D eigenvalue weighted by Gasteiger charge is -2.28. The Morgan fingerprint density at radius 1 is 0.478 bits per heavy atom. The largest absolute Gasteiger partial charge is 0.756 e. The highest BCUT2D eigenvalue weighted by molar-refractivity contribution is 7.75. The fourth-order valence-corrected chi connectivity index (χ4v) is 11.5. The molecule has 0 aromatic carbocycles. The van der Waals surface area contributed by atoms with E-state index in [0.29, 0.717) is 0 Å². The van der Waals surface area contributed by atoms with Gasteiger partial charge in [-0.3, -0.25) is 4.57 Å². The summed E-state index contributed by atoms with van der Waals surface area (Å²) in [7, 11) is -5.13. The van der Waals surface area contributed by atoms with E-state index in [0.717, 1.165) is 12.2 Å². The Hall–Kier alpha value is -0.120. The van der Waals surface area contributed by atoms with Gasteiger partial charge in [0.15, 0.2) is 0 Å². The van der Waals surface area contributed by atoms with Gasteiger partial charge in [-0.15, -0.1) is 0 Å². The van der Waals surface area contributed by atoms with Crippen molar-refractivity contribution in [3.63, 3.8) is 0 Å². The first kappa shape index (κ1) is 48.0. The molecule has 0 bridgehead atoms. The third-order valence-corrected chi connectivity index (χ3v) is 14.8. The average molecular weight is 697 g/mol. The molecule has 0 fully saturated rings. The Morgan fingerprint density at radius 2 is 0.717 bits per heavy atom. The molecule has 0 saturated carbocycles. The van der Waals surface area contributed by atoms with Gasteiger partial charge in [0, 0.05) is 7.26 Å². The second kappa shape index (κ2) is 37.7. The van der Waals surface area contributed by atoms with Gasteiger partial charge < -0.3 is 13.9 Å². The van der Waals surface area contributed by atoms with Crippen molar-refractivity contribution in [2.24, 2.45) is 0 Å². The van der Waals surface area contributed by atoms with Gasteiger partial charge in [0.05, 0.1) is 50.5 Å². The number of unbranched alkanes of at least 4 members (excludes halogenated alkanes) is 20. The molecule has 0 aliphatic carbocycles. The van der Waals surface area contributed by atoms with Crippen LogP contribution in [-0.2, 0) is 13.6 Å². The Bertz CT molecular complexity index is 655. The van der Waals surface area contributed by atoms with E-state index in [4.69, 9.17) is 0 Å². The number of phosphoric acid groups is 1. The van der Waals surface area contributed by atoms with Crippen LogP contribution in [-0.4, -0.2) is 37.9 Å². The normalized spacial score (nSPS) is 13.4. The summed E-state index contributed by atoms with van der Waals surface area (Å²) in [5, 5.41) is 0. The molecule has 0 radical (unpaired) electrons. The minimum Gasteiger partial charge on any atom is -0.756 e. The van der Waals surface area contributed by atoms with Gasteiger partial charge in [-0.05, 0) is 63.5 Å². The molecule has 0 N–H and O–H groups in total. The van der Waals surface area contributed by atoms with Gasteiger partial charge in [-0.2, -0.15) is 0 Å². The van der Waals surface area contributed by atoms with E-state index in [1.165, 1.54) is 128 Å². The highest BCUT2D eigenvalue weighted by Crippen LogP contribution is 2.61. The van der Waals surface area contributed by atoms with Crippen molar-refractivity contribution in [1.82, 2.24) is 0 Å². The zero-order chi connectivity index (χ0) is 34.5. The molecular formula is C38H76F2O4P2. The molecule has 8 heteroatoms. The van der Waals surface area contributed by atoms with E-state index in [1.54, 1.807) is 50.3 Å². The maximum absolute atomic E-state index is 11.3. The maximum Gasteiger partial charge on any atom is 0.268 e. The Labute approximate surface area is 286 Å². The number of hydrogen-bond acceptors (Lipinski definition) is 4. The van der Waals surface area contributed by atoms with Gasteiger partial charge in [0.2, 0.25) is 0 Å². The lowest BCUT2D eigenvalue weighted by molar-refractivity contribution is -0.223.